The summed E-state index contributed by atoms with van der Waals surface area (Å²) in [5, 5.41) is 1.12. The van der Waals surface area contributed by atoms with Crippen LogP contribution in [0.15, 0.2) is 23.4 Å². The Morgan fingerprint density at radius 1 is 1.40 bits per heavy atom. The Morgan fingerprint density at radius 3 is 2.73 bits per heavy atom. The molecule has 0 aliphatic rings. The monoisotopic (exact) mass is 224 g/mol. The topological polar surface area (TPSA) is 38.9 Å². The van der Waals surface area contributed by atoms with Gasteiger partial charge in [-0.05, 0) is 42.7 Å². The maximum atomic E-state index is 5.48. The van der Waals surface area contributed by atoms with Crippen LogP contribution in [0, 0.1) is 5.92 Å². The molecule has 15 heavy (non-hydrogen) atoms. The quantitative estimate of drug-likeness (QED) is 0.755. The molecule has 1 rings (SSSR count). The van der Waals surface area contributed by atoms with Crippen LogP contribution in [-0.4, -0.2) is 17.3 Å². The summed E-state index contributed by atoms with van der Waals surface area (Å²) in [6.07, 6.45) is 4.10. The van der Waals surface area contributed by atoms with Crippen molar-refractivity contribution in [3.05, 3.63) is 23.9 Å². The lowest BCUT2D eigenvalue weighted by atomic mass is 10.2. The maximum Gasteiger partial charge on any atom is 0.0960 e. The highest BCUT2D eigenvalue weighted by Gasteiger charge is 1.98. The first-order chi connectivity index (χ1) is 7.22. The van der Waals surface area contributed by atoms with E-state index < -0.39 is 0 Å². The van der Waals surface area contributed by atoms with Gasteiger partial charge in [-0.1, -0.05) is 19.9 Å². The first kappa shape index (κ1) is 12.5. The van der Waals surface area contributed by atoms with E-state index in [0.717, 1.165) is 23.1 Å². The van der Waals surface area contributed by atoms with Gasteiger partial charge in [0.25, 0.3) is 0 Å². The molecule has 1 aromatic heterocycles. The van der Waals surface area contributed by atoms with Gasteiger partial charge >= 0.3 is 0 Å². The largest absolute Gasteiger partial charge is 0.330 e. The lowest BCUT2D eigenvalue weighted by molar-refractivity contribution is 0.632. The molecule has 0 saturated carbocycles. The number of thioether (sulfide) groups is 1. The number of hydrogen-bond donors (Lipinski definition) is 1. The van der Waals surface area contributed by atoms with Crippen molar-refractivity contribution >= 4 is 11.8 Å². The number of hydrogen-bond acceptors (Lipinski definition) is 3. The van der Waals surface area contributed by atoms with Crippen molar-refractivity contribution < 1.29 is 0 Å². The van der Waals surface area contributed by atoms with Gasteiger partial charge in [0.05, 0.1) is 5.03 Å². The maximum absolute atomic E-state index is 5.48. The van der Waals surface area contributed by atoms with Crippen LogP contribution in [-0.2, 0) is 6.42 Å². The molecule has 0 atom stereocenters. The standard InChI is InChI=1S/C12H20N2S/c1-10(2)6-8-15-12-4-3-11(5-7-13)9-14-12/h3-4,9-10H,5-8,13H2,1-2H3. The molecule has 84 valence electrons. The van der Waals surface area contributed by atoms with Gasteiger partial charge in [0.2, 0.25) is 0 Å². The van der Waals surface area contributed by atoms with E-state index in [2.05, 4.69) is 31.0 Å². The molecule has 0 fully saturated rings. The van der Waals surface area contributed by atoms with Crippen LogP contribution in [0.5, 0.6) is 0 Å². The van der Waals surface area contributed by atoms with Crippen LogP contribution >= 0.6 is 11.8 Å². The van der Waals surface area contributed by atoms with Crippen molar-refractivity contribution in [1.82, 2.24) is 4.98 Å². The predicted octanol–water partition coefficient (Wildman–Crippen LogP) is 2.72. The molecule has 0 aliphatic carbocycles. The molecule has 0 aliphatic heterocycles. The highest BCUT2D eigenvalue weighted by molar-refractivity contribution is 7.99. The van der Waals surface area contributed by atoms with Crippen molar-refractivity contribution in [2.45, 2.75) is 31.7 Å². The summed E-state index contributed by atoms with van der Waals surface area (Å²) < 4.78 is 0. The van der Waals surface area contributed by atoms with Crippen LogP contribution in [0.25, 0.3) is 0 Å². The van der Waals surface area contributed by atoms with Crippen molar-refractivity contribution in [2.75, 3.05) is 12.3 Å². The number of pyridine rings is 1. The van der Waals surface area contributed by atoms with Gasteiger partial charge in [-0.2, -0.15) is 0 Å². The Bertz CT molecular complexity index is 269. The van der Waals surface area contributed by atoms with Crippen LogP contribution in [0.3, 0.4) is 0 Å². The van der Waals surface area contributed by atoms with Crippen LogP contribution in [0.4, 0.5) is 0 Å². The highest BCUT2D eigenvalue weighted by atomic mass is 32.2. The molecule has 2 nitrogen and oxygen atoms in total. The minimum Gasteiger partial charge on any atom is -0.330 e. The Balaban J connectivity index is 2.36. The predicted molar refractivity (Wildman–Crippen MR) is 67.2 cm³/mol. The Labute approximate surface area is 96.7 Å². The molecule has 2 N–H and O–H groups in total. The molecule has 0 saturated heterocycles. The van der Waals surface area contributed by atoms with Gasteiger partial charge in [-0.15, -0.1) is 11.8 Å². The molecular formula is C12H20N2S. The Hall–Kier alpha value is -0.540. The third-order valence-corrected chi connectivity index (χ3v) is 3.15. The van der Waals surface area contributed by atoms with Gasteiger partial charge in [-0.3, -0.25) is 0 Å². The third-order valence-electron chi connectivity index (χ3n) is 2.18. The van der Waals surface area contributed by atoms with Gasteiger partial charge in [0, 0.05) is 6.20 Å². The molecule has 1 aromatic rings. The summed E-state index contributed by atoms with van der Waals surface area (Å²) in [6, 6.07) is 4.22. The SMILES string of the molecule is CC(C)CCSc1ccc(CCN)cn1. The molecule has 1 heterocycles. The van der Waals surface area contributed by atoms with Crippen LogP contribution in [0.1, 0.15) is 25.8 Å². The lowest BCUT2D eigenvalue weighted by Gasteiger charge is -2.04. The molecule has 3 heteroatoms. The molecule has 0 radical (unpaired) electrons. The molecular weight excluding hydrogens is 204 g/mol. The van der Waals surface area contributed by atoms with E-state index in [9.17, 15) is 0 Å². The zero-order valence-electron chi connectivity index (χ0n) is 9.57. The zero-order chi connectivity index (χ0) is 11.1. The van der Waals surface area contributed by atoms with E-state index in [1.807, 2.05) is 18.0 Å². The van der Waals surface area contributed by atoms with E-state index in [1.165, 1.54) is 12.0 Å². The fourth-order valence-corrected chi connectivity index (χ4v) is 2.30. The molecule has 0 unspecified atom stereocenters. The third kappa shape index (κ3) is 5.19. The van der Waals surface area contributed by atoms with Gasteiger partial charge in [0.1, 0.15) is 0 Å². The summed E-state index contributed by atoms with van der Waals surface area (Å²) in [4.78, 5) is 4.40. The number of nitrogens with zero attached hydrogens (tertiary/aromatic N) is 1. The first-order valence-electron chi connectivity index (χ1n) is 5.50. The zero-order valence-corrected chi connectivity index (χ0v) is 10.4. The van der Waals surface area contributed by atoms with Crippen molar-refractivity contribution in [3.63, 3.8) is 0 Å². The average Bonchev–Trinajstić information content (AvgIpc) is 2.20. The van der Waals surface area contributed by atoms with E-state index >= 15 is 0 Å². The number of nitrogens with two attached hydrogens (primary N) is 1. The van der Waals surface area contributed by atoms with Gasteiger partial charge in [-0.25, -0.2) is 4.98 Å². The fourth-order valence-electron chi connectivity index (χ4n) is 1.21. The summed E-state index contributed by atoms with van der Waals surface area (Å²) in [5.41, 5.74) is 6.71. The highest BCUT2D eigenvalue weighted by Crippen LogP contribution is 2.18. The normalized spacial score (nSPS) is 10.9. The molecule has 0 spiro atoms. The second-order valence-corrected chi connectivity index (χ2v) is 5.19. The molecule has 0 amide bonds. The van der Waals surface area contributed by atoms with E-state index in [0.29, 0.717) is 6.54 Å². The second kappa shape index (κ2) is 6.85. The van der Waals surface area contributed by atoms with Gasteiger partial charge < -0.3 is 5.73 Å². The van der Waals surface area contributed by atoms with Gasteiger partial charge in [0.15, 0.2) is 0 Å². The Morgan fingerprint density at radius 2 is 2.20 bits per heavy atom. The minimum absolute atomic E-state index is 0.696. The van der Waals surface area contributed by atoms with E-state index in [4.69, 9.17) is 5.73 Å². The van der Waals surface area contributed by atoms with Crippen molar-refractivity contribution in [3.8, 4) is 0 Å². The summed E-state index contributed by atoms with van der Waals surface area (Å²) in [7, 11) is 0. The van der Waals surface area contributed by atoms with Crippen LogP contribution in [0.2, 0.25) is 0 Å². The average molecular weight is 224 g/mol. The number of aromatic nitrogens is 1. The summed E-state index contributed by atoms with van der Waals surface area (Å²) >= 11 is 1.83. The first-order valence-corrected chi connectivity index (χ1v) is 6.48. The van der Waals surface area contributed by atoms with Crippen molar-refractivity contribution in [2.24, 2.45) is 11.7 Å². The number of rotatable bonds is 6. The Kier molecular flexibility index (Phi) is 5.73. The lowest BCUT2D eigenvalue weighted by Crippen LogP contribution is -2.02. The van der Waals surface area contributed by atoms with E-state index in [-0.39, 0.29) is 0 Å². The molecule has 0 bridgehead atoms. The fraction of sp³-hybridized carbons (Fsp3) is 0.583. The van der Waals surface area contributed by atoms with Crippen LogP contribution < -0.4 is 5.73 Å². The van der Waals surface area contributed by atoms with E-state index in [1.54, 1.807) is 0 Å². The second-order valence-electron chi connectivity index (χ2n) is 4.07. The van der Waals surface area contributed by atoms with Crippen molar-refractivity contribution in [1.29, 1.82) is 0 Å². The summed E-state index contributed by atoms with van der Waals surface area (Å²) in [6.45, 7) is 5.19. The minimum atomic E-state index is 0.696. The molecule has 0 aromatic carbocycles. The smallest absolute Gasteiger partial charge is 0.0960 e. The summed E-state index contributed by atoms with van der Waals surface area (Å²) in [5.74, 6) is 1.93.